The van der Waals surface area contributed by atoms with Crippen molar-refractivity contribution in [3.63, 3.8) is 0 Å². The van der Waals surface area contributed by atoms with Gasteiger partial charge in [-0.15, -0.1) is 12.4 Å². The van der Waals surface area contributed by atoms with Crippen LogP contribution in [0, 0.1) is 0 Å². The molecule has 126 valence electrons. The lowest BCUT2D eigenvalue weighted by molar-refractivity contribution is -0.142. The first-order valence-corrected chi connectivity index (χ1v) is 7.94. The van der Waals surface area contributed by atoms with Crippen molar-refractivity contribution < 1.29 is 14.7 Å². The van der Waals surface area contributed by atoms with E-state index in [1.807, 2.05) is 18.2 Å². The second kappa shape index (κ2) is 7.32. The molecule has 6 heteroatoms. The number of hydrogen-bond donors (Lipinski definition) is 2. The molecule has 1 aliphatic carbocycles. The summed E-state index contributed by atoms with van der Waals surface area (Å²) in [5, 5.41) is 12.4. The van der Waals surface area contributed by atoms with Crippen LogP contribution < -0.4 is 5.32 Å². The van der Waals surface area contributed by atoms with Gasteiger partial charge >= 0.3 is 5.97 Å². The average Bonchev–Trinajstić information content (AvgIpc) is 2.92. The zero-order valence-electron chi connectivity index (χ0n) is 13.0. The number of hydrogen-bond acceptors (Lipinski definition) is 3. The molecular formula is C17H23ClN2O3. The molecule has 2 N–H and O–H groups in total. The van der Waals surface area contributed by atoms with E-state index < -0.39 is 12.0 Å². The van der Waals surface area contributed by atoms with Crippen LogP contribution in [0.3, 0.4) is 0 Å². The highest BCUT2D eigenvalue weighted by atomic mass is 35.5. The number of benzene rings is 1. The van der Waals surface area contributed by atoms with Gasteiger partial charge in [0.25, 0.3) is 0 Å². The van der Waals surface area contributed by atoms with Crippen molar-refractivity contribution in [2.75, 3.05) is 13.1 Å². The van der Waals surface area contributed by atoms with E-state index in [0.717, 1.165) is 31.2 Å². The van der Waals surface area contributed by atoms with Crippen molar-refractivity contribution in [3.8, 4) is 0 Å². The lowest BCUT2D eigenvalue weighted by atomic mass is 9.72. The summed E-state index contributed by atoms with van der Waals surface area (Å²) in [6, 6.07) is 9.54. The Labute approximate surface area is 142 Å². The first kappa shape index (κ1) is 17.8. The number of rotatable bonds is 5. The Hall–Kier alpha value is -1.59. The number of likely N-dealkylation sites (tertiary alicyclic amines) is 1. The smallest absolute Gasteiger partial charge is 0.320 e. The van der Waals surface area contributed by atoms with Crippen molar-refractivity contribution in [2.45, 2.75) is 43.7 Å². The summed E-state index contributed by atoms with van der Waals surface area (Å²) in [6.07, 6.45) is 4.48. The van der Waals surface area contributed by atoms with E-state index in [2.05, 4.69) is 17.4 Å². The van der Waals surface area contributed by atoms with Gasteiger partial charge in [-0.2, -0.15) is 0 Å². The number of nitrogens with zero attached hydrogens (tertiary/aromatic N) is 1. The lowest BCUT2D eigenvalue weighted by Gasteiger charge is -2.43. The molecular weight excluding hydrogens is 316 g/mol. The molecule has 5 nitrogen and oxygen atoms in total. The predicted molar refractivity (Wildman–Crippen MR) is 89.6 cm³/mol. The monoisotopic (exact) mass is 338 g/mol. The second-order valence-electron chi connectivity index (χ2n) is 6.32. The van der Waals surface area contributed by atoms with Gasteiger partial charge in [-0.1, -0.05) is 30.3 Å². The first-order chi connectivity index (χ1) is 10.6. The summed E-state index contributed by atoms with van der Waals surface area (Å²) in [4.78, 5) is 25.4. The Morgan fingerprint density at radius 1 is 1.22 bits per heavy atom. The van der Waals surface area contributed by atoms with Gasteiger partial charge in [0.15, 0.2) is 0 Å². The molecule has 0 radical (unpaired) electrons. The Morgan fingerprint density at radius 3 is 2.48 bits per heavy atom. The number of halogens is 1. The molecule has 1 aromatic carbocycles. The Kier molecular flexibility index (Phi) is 5.65. The van der Waals surface area contributed by atoms with Crippen LogP contribution in [0.25, 0.3) is 0 Å². The fraction of sp³-hybridized carbons (Fsp3) is 0.529. The summed E-state index contributed by atoms with van der Waals surface area (Å²) >= 11 is 0. The molecule has 2 fully saturated rings. The van der Waals surface area contributed by atoms with Gasteiger partial charge in [-0.3, -0.25) is 14.5 Å². The number of aliphatic carboxylic acids is 1. The van der Waals surface area contributed by atoms with Crippen LogP contribution >= 0.6 is 12.4 Å². The van der Waals surface area contributed by atoms with Crippen molar-refractivity contribution in [1.82, 2.24) is 10.2 Å². The highest BCUT2D eigenvalue weighted by Crippen LogP contribution is 2.41. The maximum atomic E-state index is 12.4. The molecule has 1 heterocycles. The Morgan fingerprint density at radius 2 is 1.91 bits per heavy atom. The molecule has 23 heavy (non-hydrogen) atoms. The average molecular weight is 339 g/mol. The Bertz CT molecular complexity index is 560. The molecule has 2 aliphatic rings. The highest BCUT2D eigenvalue weighted by molar-refractivity contribution is 5.85. The molecule has 3 rings (SSSR count). The maximum absolute atomic E-state index is 12.4. The summed E-state index contributed by atoms with van der Waals surface area (Å²) in [6.45, 7) is 0.855. The molecule has 1 saturated carbocycles. The topological polar surface area (TPSA) is 69.6 Å². The minimum absolute atomic E-state index is 0. The number of carboxylic acids is 1. The van der Waals surface area contributed by atoms with Crippen LogP contribution in [0.2, 0.25) is 0 Å². The van der Waals surface area contributed by atoms with Gasteiger partial charge in [0, 0.05) is 0 Å². The zero-order chi connectivity index (χ0) is 15.6. The lowest BCUT2D eigenvalue weighted by Crippen LogP contribution is -2.54. The van der Waals surface area contributed by atoms with E-state index in [1.54, 1.807) is 4.90 Å². The minimum atomic E-state index is -0.827. The quantitative estimate of drug-likeness (QED) is 0.863. The molecule has 0 aromatic heterocycles. The third-order valence-electron chi connectivity index (χ3n) is 4.91. The molecule has 1 aromatic rings. The standard InChI is InChI=1S/C17H22N2O3.ClH/c20-15(12-19-11-4-8-14(19)16(21)22)18-17(9-5-10-17)13-6-2-1-3-7-13;/h1-3,6-7,14H,4-5,8-12H2,(H,18,20)(H,21,22);1H/t14-;/m1./s1. The van der Waals surface area contributed by atoms with Gasteiger partial charge in [-0.05, 0) is 44.2 Å². The number of carbonyl (C=O) groups excluding carboxylic acids is 1. The fourth-order valence-corrected chi connectivity index (χ4v) is 3.56. The van der Waals surface area contributed by atoms with Crippen molar-refractivity contribution >= 4 is 24.3 Å². The number of carbonyl (C=O) groups is 2. The van der Waals surface area contributed by atoms with Crippen LogP contribution in [0.4, 0.5) is 0 Å². The number of carboxylic acid groups (broad SMARTS) is 1. The molecule has 0 spiro atoms. The predicted octanol–water partition coefficient (Wildman–Crippen LogP) is 2.15. The third-order valence-corrected chi connectivity index (χ3v) is 4.91. The molecule has 0 bridgehead atoms. The van der Waals surface area contributed by atoms with Gasteiger partial charge in [0.1, 0.15) is 6.04 Å². The zero-order valence-corrected chi connectivity index (χ0v) is 13.8. The minimum Gasteiger partial charge on any atom is -0.480 e. The van der Waals surface area contributed by atoms with E-state index in [1.165, 1.54) is 0 Å². The largest absolute Gasteiger partial charge is 0.480 e. The first-order valence-electron chi connectivity index (χ1n) is 7.94. The highest BCUT2D eigenvalue weighted by Gasteiger charge is 2.40. The molecule has 1 saturated heterocycles. The van der Waals surface area contributed by atoms with E-state index in [4.69, 9.17) is 0 Å². The molecule has 1 amide bonds. The third kappa shape index (κ3) is 3.67. The molecule has 1 aliphatic heterocycles. The Balaban J connectivity index is 0.00000192. The summed E-state index contributed by atoms with van der Waals surface area (Å²) in [5.74, 6) is -0.900. The van der Waals surface area contributed by atoms with Crippen LogP contribution in [0.15, 0.2) is 30.3 Å². The van der Waals surface area contributed by atoms with E-state index in [-0.39, 0.29) is 30.4 Å². The van der Waals surface area contributed by atoms with E-state index in [0.29, 0.717) is 13.0 Å². The van der Waals surface area contributed by atoms with Crippen molar-refractivity contribution in [1.29, 1.82) is 0 Å². The fourth-order valence-electron chi connectivity index (χ4n) is 3.56. The van der Waals surface area contributed by atoms with Crippen LogP contribution in [0.1, 0.15) is 37.7 Å². The SMILES string of the molecule is Cl.O=C(CN1CCC[C@@H]1C(=O)O)NC1(c2ccccc2)CCC1. The van der Waals surface area contributed by atoms with Gasteiger partial charge in [0.05, 0.1) is 12.1 Å². The van der Waals surface area contributed by atoms with Gasteiger partial charge in [0.2, 0.25) is 5.91 Å². The van der Waals surface area contributed by atoms with Gasteiger partial charge < -0.3 is 10.4 Å². The summed E-state index contributed by atoms with van der Waals surface area (Å²) < 4.78 is 0. The summed E-state index contributed by atoms with van der Waals surface area (Å²) in [5.41, 5.74) is 0.891. The van der Waals surface area contributed by atoms with Crippen LogP contribution in [0.5, 0.6) is 0 Å². The maximum Gasteiger partial charge on any atom is 0.320 e. The number of amides is 1. The van der Waals surface area contributed by atoms with Crippen LogP contribution in [-0.4, -0.2) is 41.0 Å². The molecule has 1 atom stereocenters. The number of nitrogens with one attached hydrogen (secondary N) is 1. The van der Waals surface area contributed by atoms with Crippen LogP contribution in [-0.2, 0) is 15.1 Å². The van der Waals surface area contributed by atoms with Crippen molar-refractivity contribution in [3.05, 3.63) is 35.9 Å². The van der Waals surface area contributed by atoms with E-state index in [9.17, 15) is 14.7 Å². The molecule has 0 unspecified atom stereocenters. The van der Waals surface area contributed by atoms with Crippen molar-refractivity contribution in [2.24, 2.45) is 0 Å². The normalized spacial score (nSPS) is 22.7. The van der Waals surface area contributed by atoms with E-state index >= 15 is 0 Å². The second-order valence-corrected chi connectivity index (χ2v) is 6.32. The summed E-state index contributed by atoms with van der Waals surface area (Å²) in [7, 11) is 0. The van der Waals surface area contributed by atoms with Gasteiger partial charge in [-0.25, -0.2) is 0 Å².